The molecule has 1 saturated heterocycles. The van der Waals surface area contributed by atoms with E-state index in [2.05, 4.69) is 30.7 Å². The third-order valence-electron chi connectivity index (χ3n) is 5.77. The Bertz CT molecular complexity index is 335. The third kappa shape index (κ3) is 4.16. The Hall–Kier alpha value is -0.220. The Balaban J connectivity index is 1.83. The minimum absolute atomic E-state index is 0.0395. The summed E-state index contributed by atoms with van der Waals surface area (Å²) in [6.07, 6.45) is 11.9. The first kappa shape index (κ1) is 17.1. The van der Waals surface area contributed by atoms with E-state index in [1.807, 2.05) is 11.8 Å². The smallest absolute Gasteiger partial charge is 0.237 e. The Morgan fingerprint density at radius 3 is 2.57 bits per heavy atom. The summed E-state index contributed by atoms with van der Waals surface area (Å²) in [5, 5.41) is 6.85. The lowest BCUT2D eigenvalue weighted by Crippen LogP contribution is -2.56. The largest absolute Gasteiger partial charge is 0.353 e. The number of carbonyl (C=O) groups excluding carboxylic acids is 1. The summed E-state index contributed by atoms with van der Waals surface area (Å²) >= 11 is 1.89. The summed E-state index contributed by atoms with van der Waals surface area (Å²) < 4.78 is 0.206. The van der Waals surface area contributed by atoms with E-state index in [4.69, 9.17) is 0 Å². The lowest BCUT2D eigenvalue weighted by atomic mass is 9.77. The molecule has 2 aliphatic rings. The van der Waals surface area contributed by atoms with E-state index in [1.165, 1.54) is 32.1 Å². The van der Waals surface area contributed by atoms with Crippen LogP contribution in [-0.2, 0) is 4.79 Å². The molecule has 0 aromatic carbocycles. The average molecular weight is 313 g/mol. The second-order valence-electron chi connectivity index (χ2n) is 6.76. The number of thioether (sulfide) groups is 1. The second-order valence-corrected chi connectivity index (χ2v) is 8.03. The zero-order chi connectivity index (χ0) is 15.3. The molecule has 1 saturated carbocycles. The number of hydrogen-bond donors (Lipinski definition) is 2. The number of rotatable bonds is 6. The van der Waals surface area contributed by atoms with Crippen molar-refractivity contribution >= 4 is 17.7 Å². The average Bonchev–Trinajstić information content (AvgIpc) is 2.56. The monoisotopic (exact) mass is 312 g/mol. The number of carbonyl (C=O) groups is 1. The molecule has 1 amide bonds. The van der Waals surface area contributed by atoms with Crippen molar-refractivity contribution in [3.63, 3.8) is 0 Å². The van der Waals surface area contributed by atoms with E-state index in [0.29, 0.717) is 6.04 Å². The fourth-order valence-electron chi connectivity index (χ4n) is 3.93. The molecule has 0 aromatic rings. The predicted octanol–water partition coefficient (Wildman–Crippen LogP) is 3.34. The van der Waals surface area contributed by atoms with Crippen LogP contribution in [0.1, 0.15) is 65.2 Å². The first-order chi connectivity index (χ1) is 10.1. The van der Waals surface area contributed by atoms with Gasteiger partial charge >= 0.3 is 0 Å². The van der Waals surface area contributed by atoms with Gasteiger partial charge in [0.2, 0.25) is 5.91 Å². The normalized spacial score (nSPS) is 29.8. The lowest BCUT2D eigenvalue weighted by Gasteiger charge is -2.40. The highest BCUT2D eigenvalue weighted by molar-refractivity contribution is 8.00. The molecule has 4 heteroatoms. The molecule has 3 nitrogen and oxygen atoms in total. The van der Waals surface area contributed by atoms with Crippen LogP contribution in [-0.4, -0.2) is 35.5 Å². The number of fused-ring (bicyclic) bond motifs is 1. The van der Waals surface area contributed by atoms with Gasteiger partial charge in [-0.05, 0) is 50.7 Å². The quantitative estimate of drug-likeness (QED) is 0.790. The summed E-state index contributed by atoms with van der Waals surface area (Å²) in [7, 11) is 0. The molecule has 2 fully saturated rings. The van der Waals surface area contributed by atoms with Crippen molar-refractivity contribution in [3.05, 3.63) is 0 Å². The maximum Gasteiger partial charge on any atom is 0.237 e. The summed E-state index contributed by atoms with van der Waals surface area (Å²) in [4.78, 5) is 12.5. The molecule has 0 aromatic heterocycles. The topological polar surface area (TPSA) is 41.1 Å². The van der Waals surface area contributed by atoms with Crippen molar-refractivity contribution in [2.24, 2.45) is 5.92 Å². The van der Waals surface area contributed by atoms with E-state index in [9.17, 15) is 4.79 Å². The fourth-order valence-corrected chi connectivity index (χ4v) is 4.73. The summed E-state index contributed by atoms with van der Waals surface area (Å²) in [5.41, 5.74) is 0. The number of amides is 1. The van der Waals surface area contributed by atoms with Crippen LogP contribution in [0.3, 0.4) is 0 Å². The Morgan fingerprint density at radius 1 is 1.19 bits per heavy atom. The van der Waals surface area contributed by atoms with Gasteiger partial charge in [-0.15, -0.1) is 0 Å². The van der Waals surface area contributed by atoms with Crippen LogP contribution in [0.25, 0.3) is 0 Å². The molecule has 1 aliphatic heterocycles. The second kappa shape index (κ2) is 7.87. The SMILES string of the molecule is CCC(CC)(CNC(=O)C1CCC2CCCCC2N1)SC. The third-order valence-corrected chi connectivity index (χ3v) is 7.36. The molecule has 1 aliphatic carbocycles. The van der Waals surface area contributed by atoms with Gasteiger partial charge in [0, 0.05) is 17.3 Å². The van der Waals surface area contributed by atoms with Gasteiger partial charge in [-0.25, -0.2) is 0 Å². The van der Waals surface area contributed by atoms with Gasteiger partial charge < -0.3 is 10.6 Å². The molecule has 3 atom stereocenters. The molecular weight excluding hydrogens is 280 g/mol. The van der Waals surface area contributed by atoms with E-state index in [0.717, 1.165) is 31.7 Å². The van der Waals surface area contributed by atoms with E-state index in [-0.39, 0.29) is 16.7 Å². The fraction of sp³-hybridized carbons (Fsp3) is 0.941. The number of piperidine rings is 1. The van der Waals surface area contributed by atoms with Crippen LogP contribution in [0.15, 0.2) is 0 Å². The highest BCUT2D eigenvalue weighted by atomic mass is 32.2. The standard InChI is InChI=1S/C17H32N2OS/c1-4-17(5-2,21-3)12-18-16(20)15-11-10-13-8-6-7-9-14(13)19-15/h13-15,19H,4-12H2,1-3H3,(H,18,20). The van der Waals surface area contributed by atoms with Crippen molar-refractivity contribution in [2.75, 3.05) is 12.8 Å². The Kier molecular flexibility index (Phi) is 6.42. The Morgan fingerprint density at radius 2 is 1.90 bits per heavy atom. The zero-order valence-corrected chi connectivity index (χ0v) is 14.7. The van der Waals surface area contributed by atoms with Crippen molar-refractivity contribution in [2.45, 2.75) is 82.0 Å². The number of nitrogens with one attached hydrogen (secondary N) is 2. The minimum atomic E-state index is 0.0395. The van der Waals surface area contributed by atoms with Gasteiger partial charge in [-0.1, -0.05) is 26.7 Å². The molecule has 0 radical (unpaired) electrons. The maximum absolute atomic E-state index is 12.5. The van der Waals surface area contributed by atoms with Gasteiger partial charge in [-0.2, -0.15) is 11.8 Å². The van der Waals surface area contributed by atoms with Crippen LogP contribution in [0.2, 0.25) is 0 Å². The molecule has 21 heavy (non-hydrogen) atoms. The van der Waals surface area contributed by atoms with Gasteiger partial charge in [0.1, 0.15) is 0 Å². The molecule has 2 N–H and O–H groups in total. The van der Waals surface area contributed by atoms with E-state index < -0.39 is 0 Å². The first-order valence-corrected chi connectivity index (χ1v) is 9.95. The van der Waals surface area contributed by atoms with Crippen LogP contribution in [0, 0.1) is 5.92 Å². The summed E-state index contributed by atoms with van der Waals surface area (Å²) in [6.45, 7) is 5.24. The zero-order valence-electron chi connectivity index (χ0n) is 13.9. The van der Waals surface area contributed by atoms with Crippen molar-refractivity contribution < 1.29 is 4.79 Å². The lowest BCUT2D eigenvalue weighted by molar-refractivity contribution is -0.124. The first-order valence-electron chi connectivity index (χ1n) is 8.73. The summed E-state index contributed by atoms with van der Waals surface area (Å²) in [5.74, 6) is 1.04. The minimum Gasteiger partial charge on any atom is -0.353 e. The number of hydrogen-bond acceptors (Lipinski definition) is 3. The highest BCUT2D eigenvalue weighted by Crippen LogP contribution is 2.33. The molecular formula is C17H32N2OS. The van der Waals surface area contributed by atoms with Crippen LogP contribution in [0.5, 0.6) is 0 Å². The molecule has 2 rings (SSSR count). The van der Waals surface area contributed by atoms with Crippen molar-refractivity contribution in [1.29, 1.82) is 0 Å². The molecule has 1 heterocycles. The van der Waals surface area contributed by atoms with Crippen LogP contribution >= 0.6 is 11.8 Å². The van der Waals surface area contributed by atoms with Crippen LogP contribution < -0.4 is 10.6 Å². The van der Waals surface area contributed by atoms with E-state index in [1.54, 1.807) is 0 Å². The molecule has 122 valence electrons. The van der Waals surface area contributed by atoms with Gasteiger partial charge in [0.15, 0.2) is 0 Å². The maximum atomic E-state index is 12.5. The van der Waals surface area contributed by atoms with E-state index >= 15 is 0 Å². The van der Waals surface area contributed by atoms with Crippen molar-refractivity contribution in [3.8, 4) is 0 Å². The highest BCUT2D eigenvalue weighted by Gasteiger charge is 2.35. The summed E-state index contributed by atoms with van der Waals surface area (Å²) in [6, 6.07) is 0.628. The van der Waals surface area contributed by atoms with Gasteiger partial charge in [-0.3, -0.25) is 4.79 Å². The predicted molar refractivity (Wildman–Crippen MR) is 91.7 cm³/mol. The molecule has 3 unspecified atom stereocenters. The molecule has 0 spiro atoms. The molecule has 0 bridgehead atoms. The van der Waals surface area contributed by atoms with Gasteiger partial charge in [0.05, 0.1) is 6.04 Å². The Labute approximate surface area is 134 Å². The van der Waals surface area contributed by atoms with Crippen molar-refractivity contribution in [1.82, 2.24) is 10.6 Å². The van der Waals surface area contributed by atoms with Gasteiger partial charge in [0.25, 0.3) is 0 Å². The van der Waals surface area contributed by atoms with Crippen LogP contribution in [0.4, 0.5) is 0 Å².